The summed E-state index contributed by atoms with van der Waals surface area (Å²) in [5.41, 5.74) is 0. The van der Waals surface area contributed by atoms with Gasteiger partial charge in [-0.3, -0.25) is 9.59 Å². The number of carbonyl (C=O) groups is 2. The second kappa shape index (κ2) is 43.3. The first-order valence-electron chi connectivity index (χ1n) is 22.2. The number of unbranched alkanes of at least 4 members (excludes halogenated alkanes) is 24. The highest BCUT2D eigenvalue weighted by Gasteiger charge is 2.16. The lowest BCUT2D eigenvalue weighted by Crippen LogP contribution is -2.28. The molecule has 0 saturated heterocycles. The Kier molecular flexibility index (Phi) is 41.5. The topological polar surface area (TPSA) is 72.8 Å². The zero-order chi connectivity index (χ0) is 37.8. The van der Waals surface area contributed by atoms with Gasteiger partial charge in [-0.1, -0.05) is 204 Å². The highest BCUT2D eigenvalue weighted by atomic mass is 16.6. The Morgan fingerprint density at radius 3 is 1.25 bits per heavy atom. The maximum Gasteiger partial charge on any atom is 0.306 e. The van der Waals surface area contributed by atoms with Gasteiger partial charge in [-0.15, -0.1) is 0 Å². The smallest absolute Gasteiger partial charge is 0.306 e. The molecule has 0 aliphatic heterocycles. The van der Waals surface area contributed by atoms with Crippen LogP contribution in [-0.2, 0) is 19.1 Å². The van der Waals surface area contributed by atoms with Gasteiger partial charge in [0.15, 0.2) is 6.10 Å². The van der Waals surface area contributed by atoms with Crippen molar-refractivity contribution in [3.63, 3.8) is 0 Å². The van der Waals surface area contributed by atoms with E-state index in [9.17, 15) is 14.7 Å². The van der Waals surface area contributed by atoms with Crippen LogP contribution in [0.4, 0.5) is 0 Å². The molecule has 0 aliphatic rings. The van der Waals surface area contributed by atoms with E-state index in [4.69, 9.17) is 9.47 Å². The van der Waals surface area contributed by atoms with E-state index < -0.39 is 6.10 Å². The van der Waals surface area contributed by atoms with Crippen LogP contribution in [0.25, 0.3) is 0 Å². The van der Waals surface area contributed by atoms with E-state index in [-0.39, 0.29) is 25.2 Å². The van der Waals surface area contributed by atoms with Crippen molar-refractivity contribution in [2.45, 2.75) is 225 Å². The molecular weight excluding hydrogens is 645 g/mol. The van der Waals surface area contributed by atoms with Crippen LogP contribution in [0.3, 0.4) is 0 Å². The van der Waals surface area contributed by atoms with Crippen LogP contribution in [-0.4, -0.2) is 36.4 Å². The molecule has 0 aromatic carbocycles. The molecule has 1 unspecified atom stereocenters. The van der Waals surface area contributed by atoms with Gasteiger partial charge >= 0.3 is 11.9 Å². The second-order valence-corrected chi connectivity index (χ2v) is 14.8. The van der Waals surface area contributed by atoms with Crippen LogP contribution in [0.2, 0.25) is 0 Å². The molecule has 0 saturated carbocycles. The highest BCUT2D eigenvalue weighted by Crippen LogP contribution is 2.15. The summed E-state index contributed by atoms with van der Waals surface area (Å²) < 4.78 is 10.6. The van der Waals surface area contributed by atoms with Crippen molar-refractivity contribution in [3.05, 3.63) is 48.6 Å². The Bertz CT molecular complexity index is 873. The molecule has 0 aliphatic carbocycles. The number of aliphatic hydroxyl groups excluding tert-OH is 1. The molecule has 1 N–H and O–H groups in total. The van der Waals surface area contributed by atoms with Crippen LogP contribution in [0.5, 0.6) is 0 Å². The van der Waals surface area contributed by atoms with Gasteiger partial charge in [-0.05, 0) is 51.4 Å². The minimum absolute atomic E-state index is 0.0629. The summed E-state index contributed by atoms with van der Waals surface area (Å²) in [4.78, 5) is 24.1. The van der Waals surface area contributed by atoms with Crippen molar-refractivity contribution < 1.29 is 24.2 Å². The molecule has 0 aromatic heterocycles. The normalized spacial score (nSPS) is 12.6. The third kappa shape index (κ3) is 40.6. The van der Waals surface area contributed by atoms with Gasteiger partial charge in [-0.25, -0.2) is 0 Å². The lowest BCUT2D eigenvalue weighted by molar-refractivity contribution is -0.161. The number of aliphatic hydroxyl groups is 1. The van der Waals surface area contributed by atoms with Crippen molar-refractivity contribution in [3.8, 4) is 0 Å². The molecule has 0 aromatic rings. The van der Waals surface area contributed by atoms with Crippen molar-refractivity contribution in [1.29, 1.82) is 0 Å². The Morgan fingerprint density at radius 2 is 0.827 bits per heavy atom. The SMILES string of the molecule is CC/C=C\C/C=C\C/C=C\C/C=C\CCCCCCCCCCCCCCCCCCCCC(=O)OC(CO)COC(=O)CCCCCCCCC. The molecule has 5 nitrogen and oxygen atoms in total. The zero-order valence-electron chi connectivity index (χ0n) is 34.3. The fourth-order valence-corrected chi connectivity index (χ4v) is 6.31. The predicted molar refractivity (Wildman–Crippen MR) is 224 cm³/mol. The quantitative estimate of drug-likeness (QED) is 0.0386. The van der Waals surface area contributed by atoms with E-state index in [1.807, 2.05) is 0 Å². The first kappa shape index (κ1) is 49.9. The number of hydrogen-bond acceptors (Lipinski definition) is 5. The van der Waals surface area contributed by atoms with Crippen molar-refractivity contribution in [2.24, 2.45) is 0 Å². The van der Waals surface area contributed by atoms with Crippen LogP contribution in [0.1, 0.15) is 219 Å². The third-order valence-corrected chi connectivity index (χ3v) is 9.64. The van der Waals surface area contributed by atoms with Crippen LogP contribution in [0.15, 0.2) is 48.6 Å². The van der Waals surface area contributed by atoms with Gasteiger partial charge < -0.3 is 14.6 Å². The second-order valence-electron chi connectivity index (χ2n) is 14.8. The van der Waals surface area contributed by atoms with Gasteiger partial charge in [-0.2, -0.15) is 0 Å². The molecule has 0 radical (unpaired) electrons. The van der Waals surface area contributed by atoms with Gasteiger partial charge in [0.1, 0.15) is 6.61 Å². The lowest BCUT2D eigenvalue weighted by Gasteiger charge is -2.15. The van der Waals surface area contributed by atoms with Crippen molar-refractivity contribution in [1.82, 2.24) is 0 Å². The minimum atomic E-state index is -0.765. The van der Waals surface area contributed by atoms with Crippen LogP contribution < -0.4 is 0 Å². The number of allylic oxidation sites excluding steroid dienone is 8. The molecule has 0 bridgehead atoms. The molecule has 302 valence electrons. The lowest BCUT2D eigenvalue weighted by atomic mass is 10.0. The molecule has 0 rings (SSSR count). The van der Waals surface area contributed by atoms with Crippen LogP contribution >= 0.6 is 0 Å². The third-order valence-electron chi connectivity index (χ3n) is 9.64. The summed E-state index contributed by atoms with van der Waals surface area (Å²) in [5.74, 6) is -0.591. The molecule has 0 amide bonds. The summed E-state index contributed by atoms with van der Waals surface area (Å²) in [5, 5.41) is 9.52. The maximum atomic E-state index is 12.2. The summed E-state index contributed by atoms with van der Waals surface area (Å²) in [6.07, 6.45) is 55.1. The summed E-state index contributed by atoms with van der Waals surface area (Å²) in [7, 11) is 0. The highest BCUT2D eigenvalue weighted by molar-refractivity contribution is 5.70. The molecule has 52 heavy (non-hydrogen) atoms. The van der Waals surface area contributed by atoms with E-state index in [2.05, 4.69) is 62.5 Å². The number of hydrogen-bond donors (Lipinski definition) is 1. The number of carbonyl (C=O) groups excluding carboxylic acids is 2. The van der Waals surface area contributed by atoms with Gasteiger partial charge in [0.25, 0.3) is 0 Å². The molecule has 0 spiro atoms. The maximum absolute atomic E-state index is 12.2. The monoisotopic (exact) mass is 729 g/mol. The molecule has 5 heteroatoms. The van der Waals surface area contributed by atoms with E-state index in [1.54, 1.807) is 0 Å². The van der Waals surface area contributed by atoms with E-state index in [1.165, 1.54) is 128 Å². The van der Waals surface area contributed by atoms with Gasteiger partial charge in [0.2, 0.25) is 0 Å². The zero-order valence-corrected chi connectivity index (χ0v) is 34.3. The summed E-state index contributed by atoms with van der Waals surface area (Å²) in [6, 6.07) is 0. The molecule has 0 fully saturated rings. The first-order valence-corrected chi connectivity index (χ1v) is 22.2. The van der Waals surface area contributed by atoms with E-state index in [0.717, 1.165) is 64.2 Å². The summed E-state index contributed by atoms with van der Waals surface area (Å²) in [6.45, 7) is 3.99. The predicted octanol–water partition coefficient (Wildman–Crippen LogP) is 14.2. The number of rotatable bonds is 40. The van der Waals surface area contributed by atoms with E-state index >= 15 is 0 Å². The van der Waals surface area contributed by atoms with Gasteiger partial charge in [0, 0.05) is 12.8 Å². The van der Waals surface area contributed by atoms with Crippen LogP contribution in [0, 0.1) is 0 Å². The first-order chi connectivity index (χ1) is 25.6. The Balaban J connectivity index is 3.41. The minimum Gasteiger partial charge on any atom is -0.462 e. The van der Waals surface area contributed by atoms with Gasteiger partial charge in [0.05, 0.1) is 6.61 Å². The molecule has 1 atom stereocenters. The fraction of sp³-hybridized carbons (Fsp3) is 0.787. The fourth-order valence-electron chi connectivity index (χ4n) is 6.31. The van der Waals surface area contributed by atoms with Crippen molar-refractivity contribution >= 4 is 11.9 Å². The average Bonchev–Trinajstić information content (AvgIpc) is 3.15. The molecule has 0 heterocycles. The Hall–Kier alpha value is -2.14. The average molecular weight is 729 g/mol. The largest absolute Gasteiger partial charge is 0.462 e. The Labute approximate surface area is 322 Å². The Morgan fingerprint density at radius 1 is 0.462 bits per heavy atom. The summed E-state index contributed by atoms with van der Waals surface area (Å²) >= 11 is 0. The van der Waals surface area contributed by atoms with Crippen molar-refractivity contribution in [2.75, 3.05) is 13.2 Å². The number of esters is 2. The molecular formula is C47H84O5. The number of ether oxygens (including phenoxy) is 2. The van der Waals surface area contributed by atoms with E-state index in [0.29, 0.717) is 12.8 Å². The standard InChI is InChI=1S/C47H84O5/c1-3-5-7-9-11-12-13-14-15-16-17-18-19-20-21-22-23-24-25-26-27-28-29-30-31-32-33-34-36-38-40-42-47(50)52-45(43-48)44-51-46(49)41-39-37-35-10-8-6-4-2/h5,7,11-12,14-15,17-18,45,48H,3-4,6,8-10,13,16,19-44H2,1-2H3/b7-5-,12-11-,15-14-,18-17-.